The van der Waals surface area contributed by atoms with Crippen molar-refractivity contribution in [3.8, 4) is 0 Å². The second kappa shape index (κ2) is 3.98. The molecule has 0 saturated heterocycles. The van der Waals surface area contributed by atoms with Gasteiger partial charge in [0.1, 0.15) is 11.9 Å². The summed E-state index contributed by atoms with van der Waals surface area (Å²) in [6.07, 6.45) is 0.659. The van der Waals surface area contributed by atoms with E-state index in [1.165, 1.54) is 6.07 Å². The highest BCUT2D eigenvalue weighted by Crippen LogP contribution is 2.18. The molecule has 80 valence electrons. The maximum Gasteiger partial charge on any atom is 0.145 e. The zero-order valence-electron chi connectivity index (χ0n) is 8.53. The minimum Gasteiger partial charge on any atom is -0.390 e. The Morgan fingerprint density at radius 2 is 2.40 bits per heavy atom. The zero-order chi connectivity index (χ0) is 10.8. The Balaban J connectivity index is 2.21. The van der Waals surface area contributed by atoms with Crippen LogP contribution < -0.4 is 5.73 Å². The molecule has 3 nitrogen and oxygen atoms in total. The summed E-state index contributed by atoms with van der Waals surface area (Å²) in [5.74, 6) is -0.200. The van der Waals surface area contributed by atoms with Crippen LogP contribution in [-0.4, -0.2) is 18.4 Å². The summed E-state index contributed by atoms with van der Waals surface area (Å²) in [6, 6.07) is 4.93. The van der Waals surface area contributed by atoms with Crippen LogP contribution in [0.4, 0.5) is 4.39 Å². The van der Waals surface area contributed by atoms with Gasteiger partial charge < -0.3 is 10.6 Å². The van der Waals surface area contributed by atoms with E-state index in [9.17, 15) is 4.39 Å². The molecule has 1 aliphatic rings. The smallest absolute Gasteiger partial charge is 0.145 e. The van der Waals surface area contributed by atoms with E-state index in [1.807, 2.05) is 0 Å². The summed E-state index contributed by atoms with van der Waals surface area (Å²) in [7, 11) is 0. The molecule has 0 saturated carbocycles. The molecule has 0 amide bonds. The lowest BCUT2D eigenvalue weighted by molar-refractivity contribution is 0.0918. The van der Waals surface area contributed by atoms with Gasteiger partial charge in [-0.25, -0.2) is 4.39 Å². The number of oxime groups is 1. The molecule has 1 aliphatic heterocycles. The van der Waals surface area contributed by atoms with Gasteiger partial charge in [0.05, 0.1) is 5.71 Å². The number of benzene rings is 1. The van der Waals surface area contributed by atoms with E-state index in [1.54, 1.807) is 19.1 Å². The summed E-state index contributed by atoms with van der Waals surface area (Å²) in [5.41, 5.74) is 7.84. The van der Waals surface area contributed by atoms with Crippen LogP contribution in [0.25, 0.3) is 0 Å². The first-order valence-corrected chi connectivity index (χ1v) is 4.90. The monoisotopic (exact) mass is 208 g/mol. The Kier molecular flexibility index (Phi) is 2.68. The highest BCUT2D eigenvalue weighted by molar-refractivity contribution is 6.01. The lowest BCUT2D eigenvalue weighted by atomic mass is 10.0. The average Bonchev–Trinajstić information content (AvgIpc) is 2.70. The summed E-state index contributed by atoms with van der Waals surface area (Å²) >= 11 is 0. The Labute approximate surface area is 87.7 Å². The van der Waals surface area contributed by atoms with Crippen LogP contribution in [0.15, 0.2) is 23.4 Å². The number of hydrogen-bond acceptors (Lipinski definition) is 3. The molecule has 0 fully saturated rings. The lowest BCUT2D eigenvalue weighted by Crippen LogP contribution is -2.20. The van der Waals surface area contributed by atoms with Gasteiger partial charge >= 0.3 is 0 Å². The topological polar surface area (TPSA) is 47.6 Å². The minimum atomic E-state index is -0.200. The Morgan fingerprint density at radius 1 is 1.60 bits per heavy atom. The van der Waals surface area contributed by atoms with Gasteiger partial charge in [0, 0.05) is 13.0 Å². The van der Waals surface area contributed by atoms with Gasteiger partial charge in [0.15, 0.2) is 0 Å². The van der Waals surface area contributed by atoms with Crippen molar-refractivity contribution in [3.63, 3.8) is 0 Å². The van der Waals surface area contributed by atoms with Crippen molar-refractivity contribution in [1.82, 2.24) is 0 Å². The zero-order valence-corrected chi connectivity index (χ0v) is 8.53. The number of nitrogens with two attached hydrogens (primary N) is 1. The number of halogens is 1. The number of nitrogens with zero attached hydrogens (tertiary/aromatic N) is 1. The first-order chi connectivity index (χ1) is 7.20. The summed E-state index contributed by atoms with van der Waals surface area (Å²) in [5, 5.41) is 3.94. The van der Waals surface area contributed by atoms with Crippen LogP contribution >= 0.6 is 0 Å². The second-order valence-electron chi connectivity index (χ2n) is 3.67. The second-order valence-corrected chi connectivity index (χ2v) is 3.67. The van der Waals surface area contributed by atoms with Crippen molar-refractivity contribution in [2.75, 3.05) is 6.54 Å². The molecular weight excluding hydrogens is 195 g/mol. The molecule has 2 rings (SSSR count). The van der Waals surface area contributed by atoms with E-state index in [0.717, 1.165) is 11.3 Å². The van der Waals surface area contributed by atoms with Crippen molar-refractivity contribution in [2.45, 2.75) is 19.4 Å². The van der Waals surface area contributed by atoms with E-state index < -0.39 is 0 Å². The third-order valence-corrected chi connectivity index (χ3v) is 2.49. The maximum absolute atomic E-state index is 13.0. The Bertz CT molecular complexity index is 404. The number of aryl methyl sites for hydroxylation is 1. The predicted molar refractivity (Wildman–Crippen MR) is 56.2 cm³/mol. The summed E-state index contributed by atoms with van der Waals surface area (Å²) < 4.78 is 13.0. The molecule has 15 heavy (non-hydrogen) atoms. The van der Waals surface area contributed by atoms with Crippen LogP contribution in [0, 0.1) is 12.7 Å². The summed E-state index contributed by atoms with van der Waals surface area (Å²) in [4.78, 5) is 5.11. The quantitative estimate of drug-likeness (QED) is 0.802. The number of rotatable bonds is 2. The fourth-order valence-corrected chi connectivity index (χ4v) is 1.55. The number of hydrogen-bond donors (Lipinski definition) is 1. The van der Waals surface area contributed by atoms with E-state index >= 15 is 0 Å². The van der Waals surface area contributed by atoms with Crippen molar-refractivity contribution in [3.05, 3.63) is 35.1 Å². The standard InChI is InChI=1S/C11H13FN2O/c1-7-4-8(2-3-10(7)12)11-5-9(6-13)15-14-11/h2-4,9H,5-6,13H2,1H3. The lowest BCUT2D eigenvalue weighted by Gasteiger charge is -2.03. The van der Waals surface area contributed by atoms with Crippen LogP contribution in [0.3, 0.4) is 0 Å². The molecule has 0 aromatic heterocycles. The fourth-order valence-electron chi connectivity index (χ4n) is 1.55. The minimum absolute atomic E-state index is 0.0367. The SMILES string of the molecule is Cc1cc(C2=NOC(CN)C2)ccc1F. The molecule has 0 aliphatic carbocycles. The van der Waals surface area contributed by atoms with E-state index in [4.69, 9.17) is 10.6 Å². The van der Waals surface area contributed by atoms with Crippen LogP contribution in [-0.2, 0) is 4.84 Å². The van der Waals surface area contributed by atoms with Crippen LogP contribution in [0.1, 0.15) is 17.5 Å². The van der Waals surface area contributed by atoms with E-state index in [0.29, 0.717) is 18.5 Å². The largest absolute Gasteiger partial charge is 0.390 e. The molecule has 0 bridgehead atoms. The van der Waals surface area contributed by atoms with Crippen LogP contribution in [0.2, 0.25) is 0 Å². The molecule has 0 radical (unpaired) electrons. The fraction of sp³-hybridized carbons (Fsp3) is 0.364. The van der Waals surface area contributed by atoms with Crippen molar-refractivity contribution in [1.29, 1.82) is 0 Å². The van der Waals surface area contributed by atoms with Crippen LogP contribution in [0.5, 0.6) is 0 Å². The molecular formula is C11H13FN2O. The van der Waals surface area contributed by atoms with E-state index in [-0.39, 0.29) is 11.9 Å². The molecule has 1 unspecified atom stereocenters. The van der Waals surface area contributed by atoms with Gasteiger partial charge in [-0.1, -0.05) is 11.2 Å². The molecule has 1 aromatic rings. The van der Waals surface area contributed by atoms with Crippen molar-refractivity contribution in [2.24, 2.45) is 10.9 Å². The van der Waals surface area contributed by atoms with Gasteiger partial charge in [-0.3, -0.25) is 0 Å². The normalized spacial score (nSPS) is 19.9. The first-order valence-electron chi connectivity index (χ1n) is 4.90. The summed E-state index contributed by atoms with van der Waals surface area (Å²) in [6.45, 7) is 2.18. The third kappa shape index (κ3) is 1.99. The maximum atomic E-state index is 13.0. The molecule has 4 heteroatoms. The highest BCUT2D eigenvalue weighted by atomic mass is 19.1. The molecule has 1 aromatic carbocycles. The highest BCUT2D eigenvalue weighted by Gasteiger charge is 2.20. The molecule has 1 heterocycles. The van der Waals surface area contributed by atoms with Gasteiger partial charge in [0.25, 0.3) is 0 Å². The van der Waals surface area contributed by atoms with Gasteiger partial charge in [0.2, 0.25) is 0 Å². The van der Waals surface area contributed by atoms with Gasteiger partial charge in [-0.15, -0.1) is 0 Å². The van der Waals surface area contributed by atoms with Gasteiger partial charge in [-0.2, -0.15) is 0 Å². The molecule has 0 spiro atoms. The average molecular weight is 208 g/mol. The van der Waals surface area contributed by atoms with Crippen molar-refractivity contribution < 1.29 is 9.23 Å². The Hall–Kier alpha value is -1.42. The Morgan fingerprint density at radius 3 is 3.00 bits per heavy atom. The van der Waals surface area contributed by atoms with Crippen molar-refractivity contribution >= 4 is 5.71 Å². The predicted octanol–water partition coefficient (Wildman–Crippen LogP) is 1.59. The van der Waals surface area contributed by atoms with Gasteiger partial charge in [-0.05, 0) is 30.2 Å². The van der Waals surface area contributed by atoms with E-state index in [2.05, 4.69) is 5.16 Å². The first kappa shape index (κ1) is 10.1. The molecule has 1 atom stereocenters. The third-order valence-electron chi connectivity index (χ3n) is 2.49. The molecule has 2 N–H and O–H groups in total.